The quantitative estimate of drug-likeness (QED) is 0.337. The van der Waals surface area contributed by atoms with Crippen LogP contribution in [0.4, 0.5) is 5.69 Å². The van der Waals surface area contributed by atoms with Crippen molar-refractivity contribution in [3.8, 4) is 22.6 Å². The van der Waals surface area contributed by atoms with Crippen LogP contribution in [-0.2, 0) is 6.54 Å². The summed E-state index contributed by atoms with van der Waals surface area (Å²) in [5.41, 5.74) is 8.56. The number of anilines is 1. The molecular formula is C29H31N7. The van der Waals surface area contributed by atoms with E-state index in [9.17, 15) is 0 Å². The summed E-state index contributed by atoms with van der Waals surface area (Å²) in [6.45, 7) is 5.57. The lowest BCUT2D eigenvalue weighted by molar-refractivity contribution is 0.331. The van der Waals surface area contributed by atoms with E-state index < -0.39 is 0 Å². The molecule has 4 aromatic heterocycles. The lowest BCUT2D eigenvalue weighted by Gasteiger charge is -2.29. The molecule has 36 heavy (non-hydrogen) atoms. The maximum absolute atomic E-state index is 4.73. The van der Waals surface area contributed by atoms with Gasteiger partial charge in [-0.1, -0.05) is 6.07 Å². The van der Waals surface area contributed by atoms with E-state index in [2.05, 4.69) is 61.3 Å². The average Bonchev–Trinajstić information content (AvgIpc) is 3.68. The van der Waals surface area contributed by atoms with Gasteiger partial charge in [0.15, 0.2) is 0 Å². The minimum atomic E-state index is 0.922. The number of benzene rings is 1. The molecule has 0 aliphatic carbocycles. The van der Waals surface area contributed by atoms with Gasteiger partial charge >= 0.3 is 0 Å². The minimum absolute atomic E-state index is 0.922. The summed E-state index contributed by atoms with van der Waals surface area (Å²) in [6, 6.07) is 13.2. The molecule has 0 amide bonds. The maximum Gasteiger partial charge on any atom is 0.116 e. The third-order valence-electron chi connectivity index (χ3n) is 7.74. The monoisotopic (exact) mass is 477 g/mol. The Balaban J connectivity index is 1.25. The van der Waals surface area contributed by atoms with Crippen LogP contribution in [0.1, 0.15) is 37.7 Å². The molecule has 0 bridgehead atoms. The number of aromatic nitrogens is 5. The lowest BCUT2D eigenvalue weighted by atomic mass is 10.1. The van der Waals surface area contributed by atoms with Crippen LogP contribution in [0.2, 0.25) is 0 Å². The van der Waals surface area contributed by atoms with Crippen molar-refractivity contribution in [1.29, 1.82) is 0 Å². The van der Waals surface area contributed by atoms with Gasteiger partial charge in [0, 0.05) is 59.6 Å². The number of fused-ring (bicyclic) bond motifs is 2. The molecule has 2 fully saturated rings. The Morgan fingerprint density at radius 3 is 2.56 bits per heavy atom. The largest absolute Gasteiger partial charge is 0.371 e. The number of aromatic amines is 2. The number of pyridine rings is 2. The van der Waals surface area contributed by atoms with Crippen LogP contribution in [0.25, 0.3) is 44.5 Å². The van der Waals surface area contributed by atoms with Crippen LogP contribution < -0.4 is 4.90 Å². The molecule has 6 heterocycles. The standard InChI is InChI=1S/C29H31N7/c1-2-11-36(12-3-1)28-8-6-7-24-22(28)14-26(32-24)29-23-15-25(31-18-27(23)33-34-29)21-13-20(16-30-17-21)19-35-9-4-5-10-35/h6-8,13-18,32H,1-5,9-12,19H2,(H,33,34). The number of nitrogens with one attached hydrogen (secondary N) is 2. The highest BCUT2D eigenvalue weighted by atomic mass is 15.1. The second kappa shape index (κ2) is 9.06. The lowest BCUT2D eigenvalue weighted by Crippen LogP contribution is -2.29. The molecule has 0 saturated carbocycles. The van der Waals surface area contributed by atoms with Gasteiger partial charge in [-0.25, -0.2) is 0 Å². The molecule has 0 spiro atoms. The van der Waals surface area contributed by atoms with E-state index in [-0.39, 0.29) is 0 Å². The van der Waals surface area contributed by atoms with Crippen LogP contribution in [0.3, 0.4) is 0 Å². The smallest absolute Gasteiger partial charge is 0.116 e. The van der Waals surface area contributed by atoms with Crippen molar-refractivity contribution >= 4 is 27.5 Å². The first-order chi connectivity index (χ1) is 17.8. The Kier molecular flexibility index (Phi) is 5.43. The van der Waals surface area contributed by atoms with Gasteiger partial charge in [-0.05, 0) is 81.1 Å². The van der Waals surface area contributed by atoms with E-state index in [4.69, 9.17) is 10.1 Å². The zero-order chi connectivity index (χ0) is 23.9. The van der Waals surface area contributed by atoms with Gasteiger partial charge in [0.05, 0.1) is 23.1 Å². The minimum Gasteiger partial charge on any atom is -0.371 e. The maximum atomic E-state index is 4.73. The molecule has 2 saturated heterocycles. The summed E-state index contributed by atoms with van der Waals surface area (Å²) in [5, 5.41) is 10.2. The fourth-order valence-electron chi connectivity index (χ4n) is 5.87. The molecule has 7 nitrogen and oxygen atoms in total. The molecule has 2 aliphatic heterocycles. The molecule has 7 heteroatoms. The number of rotatable bonds is 5. The average molecular weight is 478 g/mol. The topological polar surface area (TPSA) is 76.7 Å². The van der Waals surface area contributed by atoms with Crippen molar-refractivity contribution in [2.24, 2.45) is 0 Å². The van der Waals surface area contributed by atoms with Crippen molar-refractivity contribution in [1.82, 2.24) is 30.0 Å². The number of nitrogens with zero attached hydrogens (tertiary/aromatic N) is 5. The van der Waals surface area contributed by atoms with Crippen molar-refractivity contribution in [3.63, 3.8) is 0 Å². The normalized spacial score (nSPS) is 16.9. The molecule has 5 aromatic rings. The van der Waals surface area contributed by atoms with Gasteiger partial charge in [-0.3, -0.25) is 20.0 Å². The van der Waals surface area contributed by atoms with E-state index >= 15 is 0 Å². The Morgan fingerprint density at radius 2 is 1.67 bits per heavy atom. The van der Waals surface area contributed by atoms with Crippen molar-refractivity contribution < 1.29 is 0 Å². The Bertz CT molecular complexity index is 1520. The van der Waals surface area contributed by atoms with Gasteiger partial charge < -0.3 is 9.88 Å². The predicted molar refractivity (Wildman–Crippen MR) is 145 cm³/mol. The summed E-state index contributed by atoms with van der Waals surface area (Å²) in [5.74, 6) is 0. The molecule has 2 N–H and O–H groups in total. The highest BCUT2D eigenvalue weighted by Gasteiger charge is 2.18. The van der Waals surface area contributed by atoms with Gasteiger partial charge in [0.25, 0.3) is 0 Å². The predicted octanol–water partition coefficient (Wildman–Crippen LogP) is 5.75. The van der Waals surface area contributed by atoms with E-state index in [1.807, 2.05) is 18.6 Å². The molecule has 182 valence electrons. The first kappa shape index (κ1) is 21.6. The summed E-state index contributed by atoms with van der Waals surface area (Å²) >= 11 is 0. The zero-order valence-electron chi connectivity index (χ0n) is 20.5. The first-order valence-corrected chi connectivity index (χ1v) is 13.2. The van der Waals surface area contributed by atoms with Gasteiger partial charge in [0.2, 0.25) is 0 Å². The summed E-state index contributed by atoms with van der Waals surface area (Å²) in [6.07, 6.45) is 12.2. The van der Waals surface area contributed by atoms with Gasteiger partial charge in [-0.2, -0.15) is 5.10 Å². The Morgan fingerprint density at radius 1 is 0.806 bits per heavy atom. The molecule has 7 rings (SSSR count). The molecule has 0 atom stereocenters. The van der Waals surface area contributed by atoms with Crippen LogP contribution in [0.5, 0.6) is 0 Å². The van der Waals surface area contributed by atoms with Gasteiger partial charge in [0.1, 0.15) is 5.69 Å². The van der Waals surface area contributed by atoms with Crippen molar-refractivity contribution in [2.45, 2.75) is 38.6 Å². The van der Waals surface area contributed by atoms with E-state index in [1.165, 1.54) is 61.8 Å². The Hall–Kier alpha value is -3.71. The fourth-order valence-corrected chi connectivity index (χ4v) is 5.87. The summed E-state index contributed by atoms with van der Waals surface area (Å²) in [4.78, 5) is 17.9. The van der Waals surface area contributed by atoms with E-state index in [0.29, 0.717) is 0 Å². The van der Waals surface area contributed by atoms with Crippen LogP contribution >= 0.6 is 0 Å². The molecule has 1 aromatic carbocycles. The first-order valence-electron chi connectivity index (χ1n) is 13.2. The molecule has 0 radical (unpaired) electrons. The Labute approximate surface area is 210 Å². The summed E-state index contributed by atoms with van der Waals surface area (Å²) in [7, 11) is 0. The number of hydrogen-bond acceptors (Lipinski definition) is 5. The van der Waals surface area contributed by atoms with E-state index in [0.717, 1.165) is 58.7 Å². The number of likely N-dealkylation sites (tertiary alicyclic amines) is 1. The number of H-pyrrole nitrogens is 2. The molecule has 0 unspecified atom stereocenters. The van der Waals surface area contributed by atoms with Crippen LogP contribution in [-0.4, -0.2) is 56.2 Å². The molecule has 2 aliphatic rings. The van der Waals surface area contributed by atoms with Crippen molar-refractivity contribution in [3.05, 3.63) is 60.6 Å². The number of hydrogen-bond donors (Lipinski definition) is 2. The molecular weight excluding hydrogens is 446 g/mol. The SMILES string of the molecule is c1cc(N2CCCCC2)c2cc(-c3n[nH]c4cnc(-c5cncc(CN6CCCC6)c5)cc34)[nH]c2c1. The summed E-state index contributed by atoms with van der Waals surface area (Å²) < 4.78 is 0. The van der Waals surface area contributed by atoms with Crippen LogP contribution in [0.15, 0.2) is 55.0 Å². The second-order valence-electron chi connectivity index (χ2n) is 10.2. The second-order valence-corrected chi connectivity index (χ2v) is 10.2. The highest BCUT2D eigenvalue weighted by Crippen LogP contribution is 2.35. The fraction of sp³-hybridized carbons (Fsp3) is 0.345. The number of piperidine rings is 1. The zero-order valence-corrected chi connectivity index (χ0v) is 20.5. The van der Waals surface area contributed by atoms with Crippen molar-refractivity contribution in [2.75, 3.05) is 31.1 Å². The third kappa shape index (κ3) is 3.93. The highest BCUT2D eigenvalue weighted by molar-refractivity contribution is 6.00. The third-order valence-corrected chi connectivity index (χ3v) is 7.74. The van der Waals surface area contributed by atoms with Crippen LogP contribution in [0, 0.1) is 0 Å². The van der Waals surface area contributed by atoms with E-state index in [1.54, 1.807) is 0 Å². The van der Waals surface area contributed by atoms with Gasteiger partial charge in [-0.15, -0.1) is 0 Å².